The zero-order valence-corrected chi connectivity index (χ0v) is 7.32. The fraction of sp³-hybridized carbons (Fsp3) is 0.333. The van der Waals surface area contributed by atoms with E-state index in [1.807, 2.05) is 13.8 Å². The minimum absolute atomic E-state index is 0.215. The summed E-state index contributed by atoms with van der Waals surface area (Å²) in [6.45, 7) is 3.90. The van der Waals surface area contributed by atoms with Gasteiger partial charge in [0.15, 0.2) is 0 Å². The SMILES string of the molecule is CC(C)c1ccc(Cl)cc1F. The van der Waals surface area contributed by atoms with Crippen molar-refractivity contribution in [2.75, 3.05) is 0 Å². The molecular formula is C9H10ClF. The van der Waals surface area contributed by atoms with Gasteiger partial charge in [0, 0.05) is 5.02 Å². The molecule has 0 unspecified atom stereocenters. The van der Waals surface area contributed by atoms with Gasteiger partial charge in [-0.25, -0.2) is 4.39 Å². The van der Waals surface area contributed by atoms with Crippen molar-refractivity contribution in [3.05, 3.63) is 34.6 Å². The molecule has 1 aromatic rings. The van der Waals surface area contributed by atoms with Crippen molar-refractivity contribution in [2.45, 2.75) is 19.8 Å². The zero-order valence-electron chi connectivity index (χ0n) is 6.57. The maximum Gasteiger partial charge on any atom is 0.128 e. The van der Waals surface area contributed by atoms with Crippen molar-refractivity contribution < 1.29 is 4.39 Å². The van der Waals surface area contributed by atoms with E-state index in [0.29, 0.717) is 5.02 Å². The molecule has 0 atom stereocenters. The summed E-state index contributed by atoms with van der Waals surface area (Å²) in [5, 5.41) is 0.451. The normalized spacial score (nSPS) is 10.6. The number of hydrogen-bond donors (Lipinski definition) is 0. The number of rotatable bonds is 1. The highest BCUT2D eigenvalue weighted by atomic mass is 35.5. The van der Waals surface area contributed by atoms with E-state index >= 15 is 0 Å². The first kappa shape index (κ1) is 8.54. The van der Waals surface area contributed by atoms with Crippen LogP contribution >= 0.6 is 11.6 Å². The Morgan fingerprint density at radius 3 is 2.45 bits per heavy atom. The van der Waals surface area contributed by atoms with Crippen molar-refractivity contribution in [1.29, 1.82) is 0 Å². The Hall–Kier alpha value is -0.560. The summed E-state index contributed by atoms with van der Waals surface area (Å²) in [6, 6.07) is 4.78. The van der Waals surface area contributed by atoms with Crippen LogP contribution in [0.1, 0.15) is 25.3 Å². The van der Waals surface area contributed by atoms with E-state index in [0.717, 1.165) is 5.56 Å². The van der Waals surface area contributed by atoms with E-state index in [-0.39, 0.29) is 11.7 Å². The summed E-state index contributed by atoms with van der Waals surface area (Å²) < 4.78 is 13.0. The monoisotopic (exact) mass is 172 g/mol. The fourth-order valence-corrected chi connectivity index (χ4v) is 1.13. The highest BCUT2D eigenvalue weighted by molar-refractivity contribution is 6.30. The summed E-state index contributed by atoms with van der Waals surface area (Å²) >= 11 is 5.58. The lowest BCUT2D eigenvalue weighted by Gasteiger charge is -2.05. The second-order valence-corrected chi connectivity index (χ2v) is 3.26. The van der Waals surface area contributed by atoms with Gasteiger partial charge in [-0.15, -0.1) is 0 Å². The van der Waals surface area contributed by atoms with Gasteiger partial charge in [-0.05, 0) is 23.6 Å². The average molecular weight is 173 g/mol. The largest absolute Gasteiger partial charge is 0.207 e. The Balaban J connectivity index is 3.09. The maximum absolute atomic E-state index is 13.0. The summed E-state index contributed by atoms with van der Waals surface area (Å²) in [5.74, 6) is -0.000216. The van der Waals surface area contributed by atoms with Crippen molar-refractivity contribution in [3.8, 4) is 0 Å². The van der Waals surface area contributed by atoms with Crippen LogP contribution in [0.5, 0.6) is 0 Å². The van der Waals surface area contributed by atoms with Crippen molar-refractivity contribution >= 4 is 11.6 Å². The van der Waals surface area contributed by atoms with E-state index in [1.165, 1.54) is 6.07 Å². The van der Waals surface area contributed by atoms with Gasteiger partial charge in [0.05, 0.1) is 0 Å². The van der Waals surface area contributed by atoms with Crippen LogP contribution in [0.15, 0.2) is 18.2 Å². The maximum atomic E-state index is 13.0. The third kappa shape index (κ3) is 1.93. The van der Waals surface area contributed by atoms with Crippen LogP contribution < -0.4 is 0 Å². The molecule has 1 aromatic carbocycles. The third-order valence-corrected chi connectivity index (χ3v) is 1.82. The van der Waals surface area contributed by atoms with Crippen molar-refractivity contribution in [3.63, 3.8) is 0 Å². The van der Waals surface area contributed by atoms with Crippen molar-refractivity contribution in [2.24, 2.45) is 0 Å². The first-order valence-corrected chi connectivity index (χ1v) is 3.94. The van der Waals surface area contributed by atoms with Crippen LogP contribution in [0, 0.1) is 5.82 Å². The molecule has 1 rings (SSSR count). The van der Waals surface area contributed by atoms with Crippen LogP contribution in [0.25, 0.3) is 0 Å². The molecule has 0 spiro atoms. The zero-order chi connectivity index (χ0) is 8.43. The first-order valence-electron chi connectivity index (χ1n) is 3.56. The van der Waals surface area contributed by atoms with Crippen LogP contribution in [-0.4, -0.2) is 0 Å². The molecule has 0 fully saturated rings. The molecule has 0 nitrogen and oxygen atoms in total. The summed E-state index contributed by atoms with van der Waals surface area (Å²) in [4.78, 5) is 0. The molecule has 0 N–H and O–H groups in total. The highest BCUT2D eigenvalue weighted by Gasteiger charge is 2.05. The van der Waals surface area contributed by atoms with E-state index in [2.05, 4.69) is 0 Å². The smallest absolute Gasteiger partial charge is 0.128 e. The predicted octanol–water partition coefficient (Wildman–Crippen LogP) is 3.60. The van der Waals surface area contributed by atoms with E-state index in [4.69, 9.17) is 11.6 Å². The standard InChI is InChI=1S/C9H10ClF/c1-6(2)8-4-3-7(10)5-9(8)11/h3-6H,1-2H3. The quantitative estimate of drug-likeness (QED) is 0.607. The molecule has 0 amide bonds. The third-order valence-electron chi connectivity index (χ3n) is 1.58. The Kier molecular flexibility index (Phi) is 2.50. The summed E-state index contributed by atoms with van der Waals surface area (Å²) in [5.41, 5.74) is 0.717. The molecule has 0 heterocycles. The predicted molar refractivity (Wildman–Crippen MR) is 45.5 cm³/mol. The van der Waals surface area contributed by atoms with Gasteiger partial charge in [-0.1, -0.05) is 31.5 Å². The summed E-state index contributed by atoms with van der Waals surface area (Å²) in [7, 11) is 0. The van der Waals surface area contributed by atoms with Gasteiger partial charge in [-0.2, -0.15) is 0 Å². The van der Waals surface area contributed by atoms with E-state index < -0.39 is 0 Å². The van der Waals surface area contributed by atoms with E-state index in [1.54, 1.807) is 12.1 Å². The van der Waals surface area contributed by atoms with Crippen LogP contribution in [0.2, 0.25) is 5.02 Å². The molecule has 0 aliphatic carbocycles. The van der Waals surface area contributed by atoms with Gasteiger partial charge in [0.25, 0.3) is 0 Å². The topological polar surface area (TPSA) is 0 Å². The molecule has 0 saturated heterocycles. The first-order chi connectivity index (χ1) is 5.11. The van der Waals surface area contributed by atoms with Gasteiger partial charge in [-0.3, -0.25) is 0 Å². The Bertz CT molecular complexity index is 256. The molecule has 0 aliphatic heterocycles. The molecule has 0 bridgehead atoms. The molecule has 0 aromatic heterocycles. The molecule has 11 heavy (non-hydrogen) atoms. The molecule has 0 radical (unpaired) electrons. The molecule has 2 heteroatoms. The lowest BCUT2D eigenvalue weighted by atomic mass is 10.0. The van der Waals surface area contributed by atoms with Crippen LogP contribution in [-0.2, 0) is 0 Å². The lowest BCUT2D eigenvalue weighted by Crippen LogP contribution is -1.91. The highest BCUT2D eigenvalue weighted by Crippen LogP contribution is 2.21. The summed E-state index contributed by atoms with van der Waals surface area (Å²) in [6.07, 6.45) is 0. The van der Waals surface area contributed by atoms with Gasteiger partial charge in [0.1, 0.15) is 5.82 Å². The average Bonchev–Trinajstić information content (AvgIpc) is 1.85. The molecule has 0 saturated carbocycles. The fourth-order valence-electron chi connectivity index (χ4n) is 0.970. The Morgan fingerprint density at radius 1 is 1.36 bits per heavy atom. The molecular weight excluding hydrogens is 163 g/mol. The Morgan fingerprint density at radius 2 is 2.00 bits per heavy atom. The molecule has 0 aliphatic rings. The minimum Gasteiger partial charge on any atom is -0.207 e. The lowest BCUT2D eigenvalue weighted by molar-refractivity contribution is 0.598. The van der Waals surface area contributed by atoms with Gasteiger partial charge in [0.2, 0.25) is 0 Å². The second kappa shape index (κ2) is 3.22. The number of benzene rings is 1. The van der Waals surface area contributed by atoms with Gasteiger partial charge < -0.3 is 0 Å². The second-order valence-electron chi connectivity index (χ2n) is 2.82. The van der Waals surface area contributed by atoms with Crippen LogP contribution in [0.3, 0.4) is 0 Å². The number of hydrogen-bond acceptors (Lipinski definition) is 0. The molecule has 60 valence electrons. The number of halogens is 2. The van der Waals surface area contributed by atoms with E-state index in [9.17, 15) is 4.39 Å². The van der Waals surface area contributed by atoms with Crippen molar-refractivity contribution in [1.82, 2.24) is 0 Å². The van der Waals surface area contributed by atoms with Crippen LogP contribution in [0.4, 0.5) is 4.39 Å². The Labute approximate surface area is 71.0 Å². The minimum atomic E-state index is -0.215. The van der Waals surface area contributed by atoms with Gasteiger partial charge >= 0.3 is 0 Å².